The summed E-state index contributed by atoms with van der Waals surface area (Å²) in [5.41, 5.74) is 0.932. The molecular formula is C21H22N4O4S3. The van der Waals surface area contributed by atoms with E-state index in [-0.39, 0.29) is 27.2 Å². The van der Waals surface area contributed by atoms with E-state index in [0.29, 0.717) is 17.0 Å². The third-order valence-corrected chi connectivity index (χ3v) is 6.69. The summed E-state index contributed by atoms with van der Waals surface area (Å²) in [6, 6.07) is 12.8. The monoisotopic (exact) mass is 490 g/mol. The molecule has 0 saturated carbocycles. The van der Waals surface area contributed by atoms with Crippen molar-refractivity contribution in [2.45, 2.75) is 31.3 Å². The first-order valence-corrected chi connectivity index (χ1v) is 12.5. The number of anilines is 2. The van der Waals surface area contributed by atoms with E-state index in [2.05, 4.69) is 20.3 Å². The smallest absolute Gasteiger partial charge is 0.263 e. The maximum atomic E-state index is 12.5. The molecule has 3 N–H and O–H groups in total. The molecule has 1 atom stereocenters. The number of hydrogen-bond acceptors (Lipinski definition) is 7. The Bertz CT molecular complexity index is 1180. The average Bonchev–Trinajstić information content (AvgIpc) is 3.26. The molecule has 3 rings (SSSR count). The quantitative estimate of drug-likeness (QED) is 0.405. The first kappa shape index (κ1) is 23.6. The van der Waals surface area contributed by atoms with Crippen LogP contribution in [0.1, 0.15) is 30.6 Å². The van der Waals surface area contributed by atoms with Crippen molar-refractivity contribution in [3.8, 4) is 5.75 Å². The van der Waals surface area contributed by atoms with Crippen molar-refractivity contribution in [3.63, 3.8) is 0 Å². The highest BCUT2D eigenvalue weighted by Crippen LogP contribution is 2.20. The molecule has 32 heavy (non-hydrogen) atoms. The van der Waals surface area contributed by atoms with Gasteiger partial charge in [0.1, 0.15) is 5.75 Å². The topological polar surface area (TPSA) is 109 Å². The fourth-order valence-corrected chi connectivity index (χ4v) is 4.53. The number of thiazole rings is 1. The fourth-order valence-electron chi connectivity index (χ4n) is 2.53. The van der Waals surface area contributed by atoms with Crippen molar-refractivity contribution < 1.29 is 17.9 Å². The van der Waals surface area contributed by atoms with Crippen LogP contribution in [0.4, 0.5) is 10.8 Å². The Morgan fingerprint density at radius 1 is 1.22 bits per heavy atom. The highest BCUT2D eigenvalue weighted by Gasteiger charge is 2.16. The van der Waals surface area contributed by atoms with Crippen molar-refractivity contribution in [1.29, 1.82) is 0 Å². The van der Waals surface area contributed by atoms with Gasteiger partial charge in [-0.2, -0.15) is 0 Å². The average molecular weight is 491 g/mol. The highest BCUT2D eigenvalue weighted by atomic mass is 32.2. The van der Waals surface area contributed by atoms with Crippen molar-refractivity contribution in [2.24, 2.45) is 0 Å². The second kappa shape index (κ2) is 10.5. The van der Waals surface area contributed by atoms with Gasteiger partial charge in [-0.1, -0.05) is 13.0 Å². The van der Waals surface area contributed by atoms with Crippen molar-refractivity contribution in [3.05, 3.63) is 65.7 Å². The lowest BCUT2D eigenvalue weighted by Crippen LogP contribution is -2.34. The first-order chi connectivity index (χ1) is 15.3. The van der Waals surface area contributed by atoms with E-state index in [4.69, 9.17) is 17.0 Å². The maximum Gasteiger partial charge on any atom is 0.263 e. The zero-order valence-electron chi connectivity index (χ0n) is 17.4. The Balaban J connectivity index is 1.59. The number of hydrogen-bond donors (Lipinski definition) is 3. The number of carbonyl (C=O) groups is 1. The largest absolute Gasteiger partial charge is 0.491 e. The number of aromatic nitrogens is 1. The van der Waals surface area contributed by atoms with Crippen LogP contribution in [0.3, 0.4) is 0 Å². The normalized spacial score (nSPS) is 11.9. The molecular weight excluding hydrogens is 468 g/mol. The SMILES string of the molecule is CCC(C)Oc1cccc(C(=O)NC(=S)Nc2ccc(S(=O)(=O)Nc3nccs3)cc2)c1. The Morgan fingerprint density at radius 2 is 1.97 bits per heavy atom. The molecule has 0 aliphatic heterocycles. The molecule has 0 aliphatic rings. The Morgan fingerprint density at radius 3 is 2.62 bits per heavy atom. The molecule has 0 radical (unpaired) electrons. The molecule has 8 nitrogen and oxygen atoms in total. The number of sulfonamides is 1. The van der Waals surface area contributed by atoms with Crippen LogP contribution in [-0.4, -0.2) is 30.5 Å². The lowest BCUT2D eigenvalue weighted by atomic mass is 10.2. The van der Waals surface area contributed by atoms with Crippen LogP contribution < -0.4 is 20.1 Å². The minimum Gasteiger partial charge on any atom is -0.491 e. The summed E-state index contributed by atoms with van der Waals surface area (Å²) >= 11 is 6.39. The number of thiocarbonyl (C=S) groups is 1. The van der Waals surface area contributed by atoms with E-state index in [1.54, 1.807) is 41.8 Å². The third kappa shape index (κ3) is 6.49. The van der Waals surface area contributed by atoms with E-state index < -0.39 is 10.0 Å². The minimum atomic E-state index is -3.74. The van der Waals surface area contributed by atoms with E-state index in [1.165, 1.54) is 29.7 Å². The Hall–Kier alpha value is -3.02. The summed E-state index contributed by atoms with van der Waals surface area (Å²) in [6.07, 6.45) is 2.41. The van der Waals surface area contributed by atoms with Gasteiger partial charge in [-0.05, 0) is 68.0 Å². The van der Waals surface area contributed by atoms with Crippen LogP contribution >= 0.6 is 23.6 Å². The van der Waals surface area contributed by atoms with E-state index in [1.807, 2.05) is 13.8 Å². The number of benzene rings is 2. The molecule has 0 fully saturated rings. The van der Waals surface area contributed by atoms with Crippen LogP contribution in [-0.2, 0) is 10.0 Å². The molecule has 11 heteroatoms. The predicted octanol–water partition coefficient (Wildman–Crippen LogP) is 4.25. The van der Waals surface area contributed by atoms with Crippen molar-refractivity contribution in [1.82, 2.24) is 10.3 Å². The van der Waals surface area contributed by atoms with Gasteiger partial charge in [0, 0.05) is 22.8 Å². The van der Waals surface area contributed by atoms with Crippen LogP contribution in [0.25, 0.3) is 0 Å². The molecule has 0 spiro atoms. The van der Waals surface area contributed by atoms with Crippen LogP contribution in [0.2, 0.25) is 0 Å². The first-order valence-electron chi connectivity index (χ1n) is 9.68. The molecule has 2 aromatic carbocycles. The molecule has 168 valence electrons. The standard InChI is InChI=1S/C21H22N4O4S3/c1-3-14(2)29-17-6-4-5-15(13-17)19(26)24-20(30)23-16-7-9-18(10-8-16)32(27,28)25-21-22-11-12-31-21/h4-14H,3H2,1-2H3,(H,22,25)(H2,23,24,26,30). The summed E-state index contributed by atoms with van der Waals surface area (Å²) in [5, 5.41) is 7.51. The van der Waals surface area contributed by atoms with E-state index >= 15 is 0 Å². The molecule has 1 heterocycles. The molecule has 0 aliphatic carbocycles. The fraction of sp³-hybridized carbons (Fsp3) is 0.190. The summed E-state index contributed by atoms with van der Waals surface area (Å²) < 4.78 is 32.9. The number of nitrogens with zero attached hydrogens (tertiary/aromatic N) is 1. The third-order valence-electron chi connectivity index (χ3n) is 4.31. The molecule has 0 bridgehead atoms. The van der Waals surface area contributed by atoms with E-state index in [0.717, 1.165) is 6.42 Å². The lowest BCUT2D eigenvalue weighted by Gasteiger charge is -2.14. The van der Waals surface area contributed by atoms with Crippen molar-refractivity contribution in [2.75, 3.05) is 10.0 Å². The number of rotatable bonds is 8. The molecule has 1 amide bonds. The van der Waals surface area contributed by atoms with Gasteiger partial charge in [0.15, 0.2) is 10.2 Å². The number of carbonyl (C=O) groups excluding carboxylic acids is 1. The Kier molecular flexibility index (Phi) is 7.78. The maximum absolute atomic E-state index is 12.5. The van der Waals surface area contributed by atoms with Crippen LogP contribution in [0, 0.1) is 0 Å². The van der Waals surface area contributed by atoms with Crippen molar-refractivity contribution >= 4 is 55.4 Å². The molecule has 1 aromatic heterocycles. The zero-order chi connectivity index (χ0) is 23.1. The van der Waals surface area contributed by atoms with E-state index in [9.17, 15) is 13.2 Å². The molecule has 0 saturated heterocycles. The molecule has 1 unspecified atom stereocenters. The minimum absolute atomic E-state index is 0.0413. The van der Waals surface area contributed by atoms with Gasteiger partial charge >= 0.3 is 0 Å². The summed E-state index contributed by atoms with van der Waals surface area (Å²) in [7, 11) is -3.74. The second-order valence-corrected chi connectivity index (χ2v) is 9.73. The second-order valence-electron chi connectivity index (χ2n) is 6.74. The number of ether oxygens (including phenoxy) is 1. The van der Waals surface area contributed by atoms with Gasteiger partial charge in [0.2, 0.25) is 0 Å². The highest BCUT2D eigenvalue weighted by molar-refractivity contribution is 7.93. The van der Waals surface area contributed by atoms with Gasteiger partial charge in [0.05, 0.1) is 11.0 Å². The summed E-state index contributed by atoms with van der Waals surface area (Å²) in [5.74, 6) is 0.220. The van der Waals surface area contributed by atoms with Gasteiger partial charge in [0.25, 0.3) is 15.9 Å². The number of amides is 1. The summed E-state index contributed by atoms with van der Waals surface area (Å²) in [6.45, 7) is 3.97. The zero-order valence-corrected chi connectivity index (χ0v) is 19.8. The summed E-state index contributed by atoms with van der Waals surface area (Å²) in [4.78, 5) is 16.5. The Labute approximate surface area is 196 Å². The predicted molar refractivity (Wildman–Crippen MR) is 130 cm³/mol. The molecule has 3 aromatic rings. The van der Waals surface area contributed by atoms with Crippen LogP contribution in [0.5, 0.6) is 5.75 Å². The van der Waals surface area contributed by atoms with Gasteiger partial charge in [-0.15, -0.1) is 11.3 Å². The number of nitrogens with one attached hydrogen (secondary N) is 3. The van der Waals surface area contributed by atoms with Gasteiger partial charge < -0.3 is 10.1 Å². The van der Waals surface area contributed by atoms with Gasteiger partial charge in [-0.3, -0.25) is 14.8 Å². The van der Waals surface area contributed by atoms with Gasteiger partial charge in [-0.25, -0.2) is 13.4 Å². The van der Waals surface area contributed by atoms with Crippen LogP contribution in [0.15, 0.2) is 65.0 Å². The lowest BCUT2D eigenvalue weighted by molar-refractivity contribution is 0.0977.